The lowest BCUT2D eigenvalue weighted by Crippen LogP contribution is -1.91. The lowest BCUT2D eigenvalue weighted by molar-refractivity contribution is 0.633. The second-order valence-corrected chi connectivity index (χ2v) is 4.05. The molecule has 0 radical (unpaired) electrons. The van der Waals surface area contributed by atoms with Crippen LogP contribution in [-0.4, -0.2) is 0 Å². The molecule has 0 saturated carbocycles. The molecule has 1 nitrogen and oxygen atoms in total. The fraction of sp³-hybridized carbons (Fsp3) is 0.143. The number of hydrogen-bond donors (Lipinski definition) is 1. The van der Waals surface area contributed by atoms with Gasteiger partial charge in [0, 0.05) is 0 Å². The number of nitrogens with two attached hydrogens (primary N) is 1. The maximum absolute atomic E-state index is 13.4. The molecule has 0 unspecified atom stereocenters. The molecule has 2 heteroatoms. The number of anilines is 1. The molecule has 0 fully saturated rings. The number of rotatable bonds is 1. The molecule has 2 rings (SSSR count). The summed E-state index contributed by atoms with van der Waals surface area (Å²) in [5, 5.41) is 0. The number of hydrogen-bond acceptors (Lipinski definition) is 1. The van der Waals surface area contributed by atoms with Crippen LogP contribution in [0.2, 0.25) is 0 Å². The van der Waals surface area contributed by atoms with Gasteiger partial charge in [0.2, 0.25) is 0 Å². The highest BCUT2D eigenvalue weighted by Gasteiger charge is 2.05. The van der Waals surface area contributed by atoms with Gasteiger partial charge in [0.15, 0.2) is 0 Å². The largest absolute Gasteiger partial charge is 0.396 e. The van der Waals surface area contributed by atoms with E-state index in [1.807, 2.05) is 32.0 Å². The molecule has 0 aliphatic carbocycles. The zero-order valence-corrected chi connectivity index (χ0v) is 9.42. The molecule has 0 bridgehead atoms. The van der Waals surface area contributed by atoms with Crippen molar-refractivity contribution in [1.82, 2.24) is 0 Å². The van der Waals surface area contributed by atoms with Crippen molar-refractivity contribution < 1.29 is 4.39 Å². The second-order valence-electron chi connectivity index (χ2n) is 4.05. The minimum absolute atomic E-state index is 0.189. The molecule has 0 aliphatic heterocycles. The molecule has 0 aliphatic rings. The highest BCUT2D eigenvalue weighted by Crippen LogP contribution is 2.26. The van der Waals surface area contributed by atoms with E-state index in [0.29, 0.717) is 0 Å². The van der Waals surface area contributed by atoms with E-state index in [1.54, 1.807) is 6.07 Å². The first kappa shape index (κ1) is 10.7. The van der Waals surface area contributed by atoms with E-state index >= 15 is 0 Å². The average Bonchev–Trinajstić information content (AvgIpc) is 2.26. The van der Waals surface area contributed by atoms with E-state index in [-0.39, 0.29) is 11.5 Å². The van der Waals surface area contributed by atoms with E-state index in [9.17, 15) is 4.39 Å². The molecular weight excluding hydrogens is 201 g/mol. The fourth-order valence-corrected chi connectivity index (χ4v) is 1.74. The monoisotopic (exact) mass is 215 g/mol. The number of benzene rings is 2. The first-order valence-corrected chi connectivity index (χ1v) is 5.20. The van der Waals surface area contributed by atoms with Crippen molar-refractivity contribution >= 4 is 5.69 Å². The first-order chi connectivity index (χ1) is 7.58. The van der Waals surface area contributed by atoms with E-state index in [4.69, 9.17) is 5.73 Å². The number of halogens is 1. The summed E-state index contributed by atoms with van der Waals surface area (Å²) in [6.45, 7) is 4.04. The smallest absolute Gasteiger partial charge is 0.146 e. The van der Waals surface area contributed by atoms with Crippen LogP contribution in [0, 0.1) is 19.7 Å². The zero-order valence-electron chi connectivity index (χ0n) is 9.42. The SMILES string of the molecule is Cc1ccc(C)c(-c2ccc(N)c(F)c2)c1. The van der Waals surface area contributed by atoms with Crippen molar-refractivity contribution in [2.75, 3.05) is 5.73 Å². The van der Waals surface area contributed by atoms with Crippen LogP contribution in [0.3, 0.4) is 0 Å². The minimum Gasteiger partial charge on any atom is -0.396 e. The molecule has 0 heterocycles. The number of nitrogen functional groups attached to an aromatic ring is 1. The van der Waals surface area contributed by atoms with Gasteiger partial charge < -0.3 is 5.73 Å². The lowest BCUT2D eigenvalue weighted by Gasteiger charge is -2.08. The molecule has 0 saturated heterocycles. The Morgan fingerprint density at radius 2 is 1.75 bits per heavy atom. The molecule has 0 atom stereocenters. The van der Waals surface area contributed by atoms with Crippen LogP contribution in [0.4, 0.5) is 10.1 Å². The van der Waals surface area contributed by atoms with Crippen LogP contribution in [0.15, 0.2) is 36.4 Å². The molecule has 0 spiro atoms. The summed E-state index contributed by atoms with van der Waals surface area (Å²) in [6.07, 6.45) is 0. The summed E-state index contributed by atoms with van der Waals surface area (Å²) in [5.41, 5.74) is 9.87. The van der Waals surface area contributed by atoms with Crippen molar-refractivity contribution in [2.24, 2.45) is 0 Å². The third kappa shape index (κ3) is 1.91. The normalized spacial score (nSPS) is 10.4. The summed E-state index contributed by atoms with van der Waals surface area (Å²) in [4.78, 5) is 0. The van der Waals surface area contributed by atoms with Gasteiger partial charge in [-0.1, -0.05) is 29.8 Å². The van der Waals surface area contributed by atoms with Gasteiger partial charge in [0.25, 0.3) is 0 Å². The van der Waals surface area contributed by atoms with E-state index < -0.39 is 0 Å². The van der Waals surface area contributed by atoms with E-state index in [2.05, 4.69) is 6.07 Å². The van der Waals surface area contributed by atoms with Gasteiger partial charge in [0.1, 0.15) is 5.82 Å². The van der Waals surface area contributed by atoms with Gasteiger partial charge in [-0.2, -0.15) is 0 Å². The van der Waals surface area contributed by atoms with Crippen LogP contribution in [0.25, 0.3) is 11.1 Å². The average molecular weight is 215 g/mol. The Kier molecular flexibility index (Phi) is 2.65. The van der Waals surface area contributed by atoms with Crippen LogP contribution < -0.4 is 5.73 Å². The first-order valence-electron chi connectivity index (χ1n) is 5.20. The number of aryl methyl sites for hydroxylation is 2. The molecule has 2 aromatic rings. The van der Waals surface area contributed by atoms with Crippen molar-refractivity contribution in [3.8, 4) is 11.1 Å². The van der Waals surface area contributed by atoms with E-state index in [0.717, 1.165) is 22.3 Å². The molecular formula is C14H14FN. The topological polar surface area (TPSA) is 26.0 Å². The summed E-state index contributed by atoms with van der Waals surface area (Å²) < 4.78 is 13.4. The standard InChI is InChI=1S/C14H14FN/c1-9-3-4-10(2)12(7-9)11-5-6-14(16)13(15)8-11/h3-8H,16H2,1-2H3. The van der Waals surface area contributed by atoms with Crippen molar-refractivity contribution in [3.63, 3.8) is 0 Å². The third-order valence-corrected chi connectivity index (χ3v) is 2.70. The molecule has 0 aromatic heterocycles. The quantitative estimate of drug-likeness (QED) is 0.721. The highest BCUT2D eigenvalue weighted by molar-refractivity contribution is 5.69. The fourth-order valence-electron chi connectivity index (χ4n) is 1.74. The highest BCUT2D eigenvalue weighted by atomic mass is 19.1. The Morgan fingerprint density at radius 3 is 2.44 bits per heavy atom. The van der Waals surface area contributed by atoms with Gasteiger partial charge >= 0.3 is 0 Å². The van der Waals surface area contributed by atoms with Gasteiger partial charge in [-0.05, 0) is 42.7 Å². The van der Waals surface area contributed by atoms with Crippen LogP contribution >= 0.6 is 0 Å². The maximum atomic E-state index is 13.4. The van der Waals surface area contributed by atoms with Crippen molar-refractivity contribution in [1.29, 1.82) is 0 Å². The predicted octanol–water partition coefficient (Wildman–Crippen LogP) is 3.69. The lowest BCUT2D eigenvalue weighted by atomic mass is 9.98. The van der Waals surface area contributed by atoms with E-state index in [1.165, 1.54) is 6.07 Å². The Labute approximate surface area is 94.7 Å². The Bertz CT molecular complexity index is 532. The summed E-state index contributed by atoms with van der Waals surface area (Å²) >= 11 is 0. The van der Waals surface area contributed by atoms with Gasteiger partial charge in [-0.25, -0.2) is 4.39 Å². The van der Waals surface area contributed by atoms with Crippen LogP contribution in [0.1, 0.15) is 11.1 Å². The van der Waals surface area contributed by atoms with Crippen LogP contribution in [0.5, 0.6) is 0 Å². The Balaban J connectivity index is 2.58. The Morgan fingerprint density at radius 1 is 1.00 bits per heavy atom. The summed E-state index contributed by atoms with van der Waals surface area (Å²) in [7, 11) is 0. The molecule has 82 valence electrons. The summed E-state index contributed by atoms with van der Waals surface area (Å²) in [6, 6.07) is 11.1. The molecule has 2 N–H and O–H groups in total. The minimum atomic E-state index is -0.363. The molecule has 0 amide bonds. The zero-order chi connectivity index (χ0) is 11.7. The van der Waals surface area contributed by atoms with Crippen molar-refractivity contribution in [3.05, 3.63) is 53.3 Å². The van der Waals surface area contributed by atoms with Gasteiger partial charge in [-0.15, -0.1) is 0 Å². The van der Waals surface area contributed by atoms with Crippen molar-refractivity contribution in [2.45, 2.75) is 13.8 Å². The van der Waals surface area contributed by atoms with Crippen LogP contribution in [-0.2, 0) is 0 Å². The third-order valence-electron chi connectivity index (χ3n) is 2.70. The Hall–Kier alpha value is -1.83. The summed E-state index contributed by atoms with van der Waals surface area (Å²) in [5.74, 6) is -0.363. The van der Waals surface area contributed by atoms with Gasteiger partial charge in [0.05, 0.1) is 5.69 Å². The molecule has 16 heavy (non-hydrogen) atoms. The molecule has 2 aromatic carbocycles. The second kappa shape index (κ2) is 3.97. The van der Waals surface area contributed by atoms with Gasteiger partial charge in [-0.3, -0.25) is 0 Å². The maximum Gasteiger partial charge on any atom is 0.146 e. The predicted molar refractivity (Wildman–Crippen MR) is 65.7 cm³/mol.